The van der Waals surface area contributed by atoms with Crippen LogP contribution in [0.25, 0.3) is 0 Å². The van der Waals surface area contributed by atoms with Crippen LogP contribution in [0, 0.1) is 0 Å². The van der Waals surface area contributed by atoms with E-state index < -0.39 is 23.8 Å². The van der Waals surface area contributed by atoms with Gasteiger partial charge in [-0.1, -0.05) is 0 Å². The van der Waals surface area contributed by atoms with Gasteiger partial charge in [0.25, 0.3) is 5.91 Å². The summed E-state index contributed by atoms with van der Waals surface area (Å²) in [6, 6.07) is 1.35. The topological polar surface area (TPSA) is 109 Å². The Balaban J connectivity index is 3.33. The predicted octanol–water partition coefficient (Wildman–Crippen LogP) is -0.390. The number of nitrogens with two attached hydrogens (primary N) is 1. The lowest BCUT2D eigenvalue weighted by molar-refractivity contribution is -0.154. The Morgan fingerprint density at radius 2 is 1.78 bits per heavy atom. The first-order chi connectivity index (χ1) is 8.52. The van der Waals surface area contributed by atoms with E-state index in [1.807, 2.05) is 0 Å². The highest BCUT2D eigenvalue weighted by Crippen LogP contribution is 2.22. The molecule has 0 bridgehead atoms. The van der Waals surface area contributed by atoms with Crippen molar-refractivity contribution in [2.24, 2.45) is 5.73 Å². The number of ether oxygens (including phenoxy) is 2. The number of aromatic nitrogens is 1. The number of carbonyl (C=O) groups is 3. The average Bonchev–Trinajstić information content (AvgIpc) is 2.38. The van der Waals surface area contributed by atoms with Crippen molar-refractivity contribution in [3.8, 4) is 0 Å². The second kappa shape index (κ2) is 5.76. The summed E-state index contributed by atoms with van der Waals surface area (Å²) >= 11 is 0. The molecule has 1 aromatic rings. The van der Waals surface area contributed by atoms with E-state index in [0.717, 1.165) is 14.2 Å². The number of hydrogen-bond acceptors (Lipinski definition) is 6. The third-order valence-corrected chi connectivity index (χ3v) is 2.31. The summed E-state index contributed by atoms with van der Waals surface area (Å²) in [4.78, 5) is 38.1. The lowest BCUT2D eigenvalue weighted by atomic mass is 9.95. The molecule has 0 radical (unpaired) electrons. The molecule has 0 unspecified atom stereocenters. The van der Waals surface area contributed by atoms with Gasteiger partial charge in [-0.05, 0) is 11.6 Å². The highest BCUT2D eigenvalue weighted by molar-refractivity contribution is 6.04. The van der Waals surface area contributed by atoms with Gasteiger partial charge in [-0.25, -0.2) is 0 Å². The summed E-state index contributed by atoms with van der Waals surface area (Å²) in [5, 5.41) is 0. The standard InChI is InChI=1S/C11H12N2O5/c1-17-10(15)8(11(16)18-2)6-3-4-13-5-7(6)9(12)14/h3-5,8H,1-2H3,(H2,12,14). The molecule has 1 amide bonds. The van der Waals surface area contributed by atoms with Gasteiger partial charge in [-0.2, -0.15) is 0 Å². The first-order valence-electron chi connectivity index (χ1n) is 4.92. The minimum absolute atomic E-state index is 0.0294. The number of carbonyl (C=O) groups excluding carboxylic acids is 3. The summed E-state index contributed by atoms with van der Waals surface area (Å²) in [6.45, 7) is 0. The summed E-state index contributed by atoms with van der Waals surface area (Å²) in [7, 11) is 2.26. The molecule has 18 heavy (non-hydrogen) atoms. The lowest BCUT2D eigenvalue weighted by Gasteiger charge is -2.14. The molecule has 0 aromatic carbocycles. The summed E-state index contributed by atoms with van der Waals surface area (Å²) < 4.78 is 9.02. The molecule has 0 aliphatic rings. The molecule has 0 saturated heterocycles. The molecular weight excluding hydrogens is 240 g/mol. The molecule has 1 rings (SSSR count). The van der Waals surface area contributed by atoms with Crippen molar-refractivity contribution in [3.05, 3.63) is 29.6 Å². The Morgan fingerprint density at radius 3 is 2.22 bits per heavy atom. The third kappa shape index (κ3) is 2.62. The smallest absolute Gasteiger partial charge is 0.324 e. The quantitative estimate of drug-likeness (QED) is 0.577. The molecule has 0 aliphatic carbocycles. The van der Waals surface area contributed by atoms with Crippen LogP contribution < -0.4 is 5.73 Å². The number of methoxy groups -OCH3 is 2. The molecule has 0 aliphatic heterocycles. The zero-order valence-electron chi connectivity index (χ0n) is 9.88. The van der Waals surface area contributed by atoms with E-state index in [9.17, 15) is 14.4 Å². The van der Waals surface area contributed by atoms with Crippen molar-refractivity contribution in [3.63, 3.8) is 0 Å². The summed E-state index contributed by atoms with van der Waals surface area (Å²) in [5.41, 5.74) is 5.23. The maximum atomic E-state index is 11.6. The van der Waals surface area contributed by atoms with Crippen LogP contribution in [0.5, 0.6) is 0 Å². The van der Waals surface area contributed by atoms with Crippen molar-refractivity contribution < 1.29 is 23.9 Å². The Bertz CT molecular complexity index is 470. The summed E-state index contributed by atoms with van der Waals surface area (Å²) in [6.07, 6.45) is 2.51. The van der Waals surface area contributed by atoms with Crippen molar-refractivity contribution >= 4 is 17.8 Å². The molecule has 0 spiro atoms. The second-order valence-electron chi connectivity index (χ2n) is 3.31. The van der Waals surface area contributed by atoms with Gasteiger partial charge in [0, 0.05) is 12.4 Å². The normalized spacial score (nSPS) is 9.94. The first kappa shape index (κ1) is 13.6. The predicted molar refractivity (Wildman–Crippen MR) is 59.5 cm³/mol. The fraction of sp³-hybridized carbons (Fsp3) is 0.273. The van der Waals surface area contributed by atoms with Crippen LogP contribution in [-0.4, -0.2) is 37.0 Å². The van der Waals surface area contributed by atoms with Crippen LogP contribution in [0.4, 0.5) is 0 Å². The van der Waals surface area contributed by atoms with Gasteiger partial charge in [0.15, 0.2) is 5.92 Å². The van der Waals surface area contributed by atoms with Gasteiger partial charge in [0.2, 0.25) is 0 Å². The zero-order chi connectivity index (χ0) is 13.7. The molecule has 2 N–H and O–H groups in total. The van der Waals surface area contributed by atoms with Crippen LogP contribution in [-0.2, 0) is 19.1 Å². The average molecular weight is 252 g/mol. The third-order valence-electron chi connectivity index (χ3n) is 2.31. The fourth-order valence-corrected chi connectivity index (χ4v) is 1.45. The van der Waals surface area contributed by atoms with Crippen molar-refractivity contribution in [1.29, 1.82) is 0 Å². The van der Waals surface area contributed by atoms with Gasteiger partial charge >= 0.3 is 11.9 Å². The van der Waals surface area contributed by atoms with E-state index >= 15 is 0 Å². The monoisotopic (exact) mass is 252 g/mol. The fourth-order valence-electron chi connectivity index (χ4n) is 1.45. The SMILES string of the molecule is COC(=O)C(C(=O)OC)c1ccncc1C(N)=O. The first-order valence-corrected chi connectivity index (χ1v) is 4.92. The minimum Gasteiger partial charge on any atom is -0.468 e. The highest BCUT2D eigenvalue weighted by atomic mass is 16.5. The van der Waals surface area contributed by atoms with Crippen LogP contribution in [0.2, 0.25) is 0 Å². The number of hydrogen-bond donors (Lipinski definition) is 1. The molecule has 0 atom stereocenters. The van der Waals surface area contributed by atoms with Crippen molar-refractivity contribution in [2.45, 2.75) is 5.92 Å². The Labute approximate surface area is 103 Å². The number of nitrogens with zero attached hydrogens (tertiary/aromatic N) is 1. The molecule has 1 heterocycles. The molecule has 7 nitrogen and oxygen atoms in total. The van der Waals surface area contributed by atoms with E-state index in [1.54, 1.807) is 0 Å². The molecule has 0 saturated carbocycles. The largest absolute Gasteiger partial charge is 0.468 e. The molecule has 7 heteroatoms. The minimum atomic E-state index is -1.36. The molecule has 1 aromatic heterocycles. The van der Waals surface area contributed by atoms with Gasteiger partial charge in [0.05, 0.1) is 19.8 Å². The van der Waals surface area contributed by atoms with E-state index in [-0.39, 0.29) is 11.1 Å². The van der Waals surface area contributed by atoms with E-state index in [0.29, 0.717) is 0 Å². The Morgan fingerprint density at radius 1 is 1.22 bits per heavy atom. The Kier molecular flexibility index (Phi) is 4.36. The number of primary amides is 1. The van der Waals surface area contributed by atoms with E-state index in [4.69, 9.17) is 5.73 Å². The Hall–Kier alpha value is -2.44. The van der Waals surface area contributed by atoms with Crippen molar-refractivity contribution in [1.82, 2.24) is 4.98 Å². The van der Waals surface area contributed by atoms with Crippen molar-refractivity contribution in [2.75, 3.05) is 14.2 Å². The van der Waals surface area contributed by atoms with Gasteiger partial charge in [-0.3, -0.25) is 19.4 Å². The zero-order valence-corrected chi connectivity index (χ0v) is 9.88. The van der Waals surface area contributed by atoms with Crippen LogP contribution in [0.15, 0.2) is 18.5 Å². The molecule has 0 fully saturated rings. The maximum absolute atomic E-state index is 11.6. The second-order valence-corrected chi connectivity index (χ2v) is 3.31. The van der Waals surface area contributed by atoms with Gasteiger partial charge in [0.1, 0.15) is 0 Å². The number of esters is 2. The maximum Gasteiger partial charge on any atom is 0.324 e. The highest BCUT2D eigenvalue weighted by Gasteiger charge is 2.33. The number of pyridine rings is 1. The number of rotatable bonds is 4. The van der Waals surface area contributed by atoms with Gasteiger partial charge in [-0.15, -0.1) is 0 Å². The molecule has 96 valence electrons. The van der Waals surface area contributed by atoms with Crippen LogP contribution >= 0.6 is 0 Å². The van der Waals surface area contributed by atoms with E-state index in [2.05, 4.69) is 14.5 Å². The van der Waals surface area contributed by atoms with Gasteiger partial charge < -0.3 is 15.2 Å². The van der Waals surface area contributed by atoms with Crippen LogP contribution in [0.1, 0.15) is 21.8 Å². The molecular formula is C11H12N2O5. The number of amides is 1. The lowest BCUT2D eigenvalue weighted by Crippen LogP contribution is -2.27. The van der Waals surface area contributed by atoms with E-state index in [1.165, 1.54) is 18.5 Å². The van der Waals surface area contributed by atoms with Crippen LogP contribution in [0.3, 0.4) is 0 Å². The summed E-state index contributed by atoms with van der Waals surface area (Å²) in [5.74, 6) is -3.83.